The van der Waals surface area contributed by atoms with Crippen LogP contribution < -0.4 is 20.1 Å². The number of carboxylic acid groups (broad SMARTS) is 3. The Hall–Kier alpha value is -5.46. The lowest BCUT2D eigenvalue weighted by Crippen LogP contribution is -3.11. The third-order valence-electron chi connectivity index (χ3n) is 8.48. The van der Waals surface area contributed by atoms with E-state index in [1.165, 1.54) is 42.5 Å². The summed E-state index contributed by atoms with van der Waals surface area (Å²) in [6.45, 7) is -0.640. The first kappa shape index (κ1) is 35.8. The van der Waals surface area contributed by atoms with Crippen LogP contribution in [0, 0.1) is 0 Å². The highest BCUT2D eigenvalue weighted by molar-refractivity contribution is 5.89. The van der Waals surface area contributed by atoms with E-state index in [0.29, 0.717) is 27.3 Å². The quantitative estimate of drug-likeness (QED) is 0.0645. The van der Waals surface area contributed by atoms with Gasteiger partial charge < -0.3 is 65.2 Å². The van der Waals surface area contributed by atoms with Crippen LogP contribution in [0.5, 0.6) is 17.2 Å². The fraction of sp³-hybridized carbons (Fsp3) is 0.333. The van der Waals surface area contributed by atoms with E-state index >= 15 is 0 Å². The number of phenolic OH excluding ortho intramolecular Hbond substituents is 2. The van der Waals surface area contributed by atoms with E-state index in [1.54, 1.807) is 12.1 Å². The second kappa shape index (κ2) is 15.0. The van der Waals surface area contributed by atoms with E-state index < -0.39 is 79.0 Å². The normalized spacial score (nSPS) is 28.4. The number of carbonyl (C=O) groups excluding carboxylic acids is 2. The molecule has 1 unspecified atom stereocenters. The third-order valence-corrected chi connectivity index (χ3v) is 8.48. The standard InChI is InChI=1S/C33H34N2O15/c36-18-4-1-15(2-5-18)3-6-26(38)48-14-25-27(39)28(40)29(41)33(50-25)49-24-13-21-17(12-23(24)37)11-22(32(46)47)35(21)8-7-16-9-19(30(42)43)34-20(10-16)31(44)45/h1-7,9,12-13,20,22,25,27-29,33-34,36-37,39-41H,8,10-11,14H2,(H,42,43)(H,44,45)(H,46,47)/t20-,22-,25+,27+,28-,29+,33+/m0/s1. The number of benzene rings is 2. The number of aliphatic hydroxyl groups is 3. The maximum absolute atomic E-state index is 12.3. The van der Waals surface area contributed by atoms with Crippen molar-refractivity contribution in [3.63, 3.8) is 0 Å². The van der Waals surface area contributed by atoms with Crippen molar-refractivity contribution in [3.05, 3.63) is 77.0 Å². The monoisotopic (exact) mass is 698 g/mol. The summed E-state index contributed by atoms with van der Waals surface area (Å²) >= 11 is 0. The first-order valence-electron chi connectivity index (χ1n) is 15.3. The Kier molecular flexibility index (Phi) is 10.7. The summed E-state index contributed by atoms with van der Waals surface area (Å²) in [5.74, 6) is -5.65. The smallest absolute Gasteiger partial charge is 0.351 e. The van der Waals surface area contributed by atoms with Crippen LogP contribution >= 0.6 is 0 Å². The molecule has 266 valence electrons. The molecule has 1 saturated heterocycles. The highest BCUT2D eigenvalue weighted by Crippen LogP contribution is 2.36. The number of hydrogen-bond acceptors (Lipinski definition) is 14. The molecule has 2 aromatic rings. The molecule has 3 heterocycles. The molecule has 0 aliphatic carbocycles. The van der Waals surface area contributed by atoms with Crippen molar-refractivity contribution in [1.82, 2.24) is 5.32 Å². The summed E-state index contributed by atoms with van der Waals surface area (Å²) in [6, 6.07) is 6.10. The highest BCUT2D eigenvalue weighted by Gasteiger charge is 2.46. The molecule has 0 radical (unpaired) electrons. The van der Waals surface area contributed by atoms with E-state index in [9.17, 15) is 60.0 Å². The van der Waals surface area contributed by atoms with Crippen molar-refractivity contribution in [1.29, 1.82) is 0 Å². The molecule has 5 rings (SSSR count). The number of rotatable bonds is 11. The molecule has 8 atom stereocenters. The topological polar surface area (TPSA) is 277 Å². The molecule has 3 aliphatic heterocycles. The van der Waals surface area contributed by atoms with Crippen LogP contribution in [-0.2, 0) is 35.1 Å². The molecule has 3 aliphatic rings. The van der Waals surface area contributed by atoms with Crippen molar-refractivity contribution in [3.8, 4) is 17.2 Å². The van der Waals surface area contributed by atoms with Gasteiger partial charge in [-0.3, -0.25) is 4.90 Å². The van der Waals surface area contributed by atoms with Gasteiger partial charge in [-0.1, -0.05) is 12.1 Å². The van der Waals surface area contributed by atoms with Crippen molar-refractivity contribution < 1.29 is 79.1 Å². The molecule has 0 saturated carbocycles. The molecule has 0 aromatic heterocycles. The molecule has 17 heteroatoms. The van der Waals surface area contributed by atoms with Gasteiger partial charge in [0.1, 0.15) is 72.8 Å². The summed E-state index contributed by atoms with van der Waals surface area (Å²) in [5, 5.41) is 85.1. The molecule has 1 fully saturated rings. The van der Waals surface area contributed by atoms with Crippen LogP contribution in [-0.4, -0.2) is 116 Å². The molecule has 17 nitrogen and oxygen atoms in total. The second-order valence-electron chi connectivity index (χ2n) is 11.9. The van der Waals surface area contributed by atoms with Crippen molar-refractivity contribution in [2.45, 2.75) is 55.6 Å². The van der Waals surface area contributed by atoms with Gasteiger partial charge in [-0.05, 0) is 47.6 Å². The van der Waals surface area contributed by atoms with E-state index in [1.807, 2.05) is 0 Å². The number of hydrogen-bond donors (Lipinski definition) is 9. The molecular weight excluding hydrogens is 664 g/mol. The van der Waals surface area contributed by atoms with Crippen LogP contribution in [0.1, 0.15) is 17.5 Å². The van der Waals surface area contributed by atoms with Gasteiger partial charge in [-0.2, -0.15) is 0 Å². The van der Waals surface area contributed by atoms with Gasteiger partial charge in [-0.25, -0.2) is 14.4 Å². The lowest BCUT2D eigenvalue weighted by Gasteiger charge is -2.39. The van der Waals surface area contributed by atoms with Gasteiger partial charge in [-0.15, -0.1) is 0 Å². The Labute approximate surface area is 283 Å². The number of carboxylic acids is 3. The number of aliphatic carboxylic acids is 3. The fourth-order valence-corrected chi connectivity index (χ4v) is 5.84. The minimum atomic E-state index is -1.85. The first-order valence-corrected chi connectivity index (χ1v) is 15.3. The van der Waals surface area contributed by atoms with Crippen LogP contribution in [0.3, 0.4) is 0 Å². The predicted molar refractivity (Wildman–Crippen MR) is 164 cm³/mol. The SMILES string of the molecule is O=C(C=Cc1ccc(O)cc1)OC[C@H]1O[C@@H](Oc2cc3c(cc2O)C[C@@H](C(=O)[O-])[NH+]3CC=C2C=C(C(=O)O)N[C@H](C(=O)O)C2)[C@H](O)[C@@H](O)[C@@H]1O. The minimum Gasteiger partial charge on any atom is -0.544 e. The van der Waals surface area contributed by atoms with Crippen LogP contribution in [0.4, 0.5) is 5.69 Å². The number of fused-ring (bicyclic) bond motifs is 1. The largest absolute Gasteiger partial charge is 0.544 e. The van der Waals surface area contributed by atoms with Gasteiger partial charge in [0.05, 0.1) is 0 Å². The predicted octanol–water partition coefficient (Wildman–Crippen LogP) is -2.93. The van der Waals surface area contributed by atoms with Crippen LogP contribution in [0.15, 0.2) is 65.9 Å². The number of esters is 1. The van der Waals surface area contributed by atoms with E-state index in [0.717, 1.165) is 6.08 Å². The van der Waals surface area contributed by atoms with Gasteiger partial charge >= 0.3 is 17.9 Å². The summed E-state index contributed by atoms with van der Waals surface area (Å²) < 4.78 is 16.4. The number of carbonyl (C=O) groups is 4. The maximum Gasteiger partial charge on any atom is 0.351 e. The summed E-state index contributed by atoms with van der Waals surface area (Å²) in [6.07, 6.45) is -3.38. The lowest BCUT2D eigenvalue weighted by molar-refractivity contribution is -0.840. The van der Waals surface area contributed by atoms with Gasteiger partial charge in [0, 0.05) is 30.5 Å². The Morgan fingerprint density at radius 2 is 1.72 bits per heavy atom. The van der Waals surface area contributed by atoms with Crippen molar-refractivity contribution >= 4 is 35.6 Å². The van der Waals surface area contributed by atoms with Crippen LogP contribution in [0.2, 0.25) is 0 Å². The zero-order valence-corrected chi connectivity index (χ0v) is 26.0. The molecule has 0 spiro atoms. The Balaban J connectivity index is 1.32. The number of quaternary nitrogens is 1. The molecule has 50 heavy (non-hydrogen) atoms. The lowest BCUT2D eigenvalue weighted by atomic mass is 9.99. The van der Waals surface area contributed by atoms with Crippen molar-refractivity contribution in [2.75, 3.05) is 13.2 Å². The number of allylic oxidation sites excluding steroid dienone is 1. The van der Waals surface area contributed by atoms with Gasteiger partial charge in [0.2, 0.25) is 6.29 Å². The molecule has 0 amide bonds. The first-order chi connectivity index (χ1) is 23.7. The highest BCUT2D eigenvalue weighted by atomic mass is 16.7. The zero-order valence-electron chi connectivity index (χ0n) is 26.0. The number of nitrogens with one attached hydrogen (secondary N) is 2. The van der Waals surface area contributed by atoms with Gasteiger partial charge in [0.15, 0.2) is 11.5 Å². The second-order valence-corrected chi connectivity index (χ2v) is 11.9. The Morgan fingerprint density at radius 3 is 2.38 bits per heavy atom. The fourth-order valence-electron chi connectivity index (χ4n) is 5.84. The zero-order chi connectivity index (χ0) is 36.3. The number of ether oxygens (including phenoxy) is 3. The third kappa shape index (κ3) is 8.04. The average molecular weight is 699 g/mol. The number of aromatic hydroxyl groups is 2. The summed E-state index contributed by atoms with van der Waals surface area (Å²) in [4.78, 5) is 47.8. The maximum atomic E-state index is 12.3. The molecule has 0 bridgehead atoms. The number of phenols is 2. The molecule has 9 N–H and O–H groups in total. The molecular formula is C33H34N2O15. The van der Waals surface area contributed by atoms with Crippen molar-refractivity contribution in [2.24, 2.45) is 0 Å². The van der Waals surface area contributed by atoms with Gasteiger partial charge in [0.25, 0.3) is 0 Å². The van der Waals surface area contributed by atoms with Crippen LogP contribution in [0.25, 0.3) is 6.08 Å². The summed E-state index contributed by atoms with van der Waals surface area (Å²) in [5.41, 5.74) is 1.29. The van der Waals surface area contributed by atoms with E-state index in [4.69, 9.17) is 14.2 Å². The molecule has 2 aromatic carbocycles. The van der Waals surface area contributed by atoms with E-state index in [-0.39, 0.29) is 36.6 Å². The number of aliphatic hydroxyl groups excluding tert-OH is 3. The van der Waals surface area contributed by atoms with E-state index in [2.05, 4.69) is 5.32 Å². The minimum absolute atomic E-state index is 0.0389. The Bertz CT molecular complexity index is 1740. The summed E-state index contributed by atoms with van der Waals surface area (Å²) in [7, 11) is 0. The average Bonchev–Trinajstić information content (AvgIpc) is 3.43. The Morgan fingerprint density at radius 1 is 1.00 bits per heavy atom.